The van der Waals surface area contributed by atoms with E-state index in [9.17, 15) is 14.9 Å². The van der Waals surface area contributed by atoms with Crippen LogP contribution in [0.2, 0.25) is 0 Å². The highest BCUT2D eigenvalue weighted by Gasteiger charge is 2.15. The van der Waals surface area contributed by atoms with Crippen molar-refractivity contribution in [1.29, 1.82) is 0 Å². The minimum Gasteiger partial charge on any atom is -0.365 e. The minimum absolute atomic E-state index is 0.00287. The number of hydrogen-bond donors (Lipinski definition) is 3. The van der Waals surface area contributed by atoms with Crippen LogP contribution in [0.3, 0.4) is 0 Å². The van der Waals surface area contributed by atoms with Gasteiger partial charge in [-0.15, -0.1) is 0 Å². The lowest BCUT2D eigenvalue weighted by Gasteiger charge is -2.03. The fourth-order valence-electron chi connectivity index (χ4n) is 0.856. The molecule has 14 heavy (non-hydrogen) atoms. The Morgan fingerprint density at radius 1 is 1.64 bits per heavy atom. The normalized spacial score (nSPS) is 9.50. The molecule has 0 saturated heterocycles. The van der Waals surface area contributed by atoms with E-state index in [0.29, 0.717) is 0 Å². The maximum atomic E-state index is 10.8. The molecule has 0 atom stereocenters. The Kier molecular flexibility index (Phi) is 2.58. The number of nitrogen functional groups attached to an aromatic ring is 1. The molecule has 1 amide bonds. The summed E-state index contributed by atoms with van der Waals surface area (Å²) in [5.74, 6) is 4.19. The summed E-state index contributed by atoms with van der Waals surface area (Å²) in [6.45, 7) is 0. The average Bonchev–Trinajstić information content (AvgIpc) is 2.16. The Labute approximate surface area is 78.0 Å². The second-order valence-corrected chi connectivity index (χ2v) is 2.36. The smallest absolute Gasteiger partial charge is 0.288 e. The topological polar surface area (TPSA) is 137 Å². The molecular weight excluding hydrogens is 190 g/mol. The molecule has 8 heteroatoms. The summed E-state index contributed by atoms with van der Waals surface area (Å²) < 4.78 is 0. The third-order valence-electron chi connectivity index (χ3n) is 1.49. The van der Waals surface area contributed by atoms with E-state index in [4.69, 9.17) is 11.6 Å². The first-order valence-corrected chi connectivity index (χ1v) is 3.47. The molecule has 0 aliphatic carbocycles. The van der Waals surface area contributed by atoms with Crippen molar-refractivity contribution in [3.8, 4) is 0 Å². The number of nitrogens with one attached hydrogen (secondary N) is 1. The highest BCUT2D eigenvalue weighted by atomic mass is 16.6. The van der Waals surface area contributed by atoms with Crippen LogP contribution in [0.1, 0.15) is 10.4 Å². The van der Waals surface area contributed by atoms with E-state index in [0.717, 1.165) is 12.3 Å². The molecule has 0 aliphatic heterocycles. The number of aromatic nitrogens is 1. The Morgan fingerprint density at radius 3 is 2.71 bits per heavy atom. The number of primary amides is 1. The van der Waals surface area contributed by atoms with Gasteiger partial charge in [-0.2, -0.15) is 0 Å². The summed E-state index contributed by atoms with van der Waals surface area (Å²) in [5, 5.41) is 10.3. The number of nitrogens with zero attached hydrogens (tertiary/aromatic N) is 2. The van der Waals surface area contributed by atoms with E-state index in [1.54, 1.807) is 0 Å². The summed E-state index contributed by atoms with van der Waals surface area (Å²) in [5.41, 5.74) is 6.63. The molecule has 1 aromatic rings. The fraction of sp³-hybridized carbons (Fsp3) is 0. The lowest BCUT2D eigenvalue weighted by atomic mass is 10.2. The zero-order valence-electron chi connectivity index (χ0n) is 6.93. The molecule has 74 valence electrons. The van der Waals surface area contributed by atoms with Gasteiger partial charge in [0.2, 0.25) is 0 Å². The van der Waals surface area contributed by atoms with E-state index in [-0.39, 0.29) is 17.1 Å². The van der Waals surface area contributed by atoms with Gasteiger partial charge in [0.15, 0.2) is 5.82 Å². The molecule has 0 radical (unpaired) electrons. The van der Waals surface area contributed by atoms with Crippen molar-refractivity contribution in [2.75, 3.05) is 5.43 Å². The van der Waals surface area contributed by atoms with Crippen LogP contribution in [0, 0.1) is 10.1 Å². The number of carbonyl (C=O) groups excluding carboxylic acids is 1. The third kappa shape index (κ3) is 1.75. The van der Waals surface area contributed by atoms with Crippen molar-refractivity contribution in [2.45, 2.75) is 0 Å². The van der Waals surface area contributed by atoms with E-state index in [1.807, 2.05) is 0 Å². The van der Waals surface area contributed by atoms with Crippen LogP contribution < -0.4 is 17.0 Å². The SMILES string of the molecule is NNc1ncc([N+](=O)[O-])cc1C(N)=O. The van der Waals surface area contributed by atoms with Gasteiger partial charge >= 0.3 is 0 Å². The Hall–Kier alpha value is -2.22. The molecule has 0 aromatic carbocycles. The molecule has 1 aromatic heterocycles. The van der Waals surface area contributed by atoms with Gasteiger partial charge < -0.3 is 11.2 Å². The first kappa shape index (κ1) is 9.86. The van der Waals surface area contributed by atoms with Gasteiger partial charge in [-0.3, -0.25) is 14.9 Å². The van der Waals surface area contributed by atoms with Crippen molar-refractivity contribution in [2.24, 2.45) is 11.6 Å². The predicted molar refractivity (Wildman–Crippen MR) is 47.2 cm³/mol. The average molecular weight is 197 g/mol. The van der Waals surface area contributed by atoms with Gasteiger partial charge in [0.1, 0.15) is 6.20 Å². The number of rotatable bonds is 3. The fourth-order valence-corrected chi connectivity index (χ4v) is 0.856. The number of nitrogens with two attached hydrogens (primary N) is 2. The maximum Gasteiger partial charge on any atom is 0.288 e. The van der Waals surface area contributed by atoms with Crippen molar-refractivity contribution in [3.63, 3.8) is 0 Å². The maximum absolute atomic E-state index is 10.8. The zero-order valence-corrected chi connectivity index (χ0v) is 6.93. The lowest BCUT2D eigenvalue weighted by molar-refractivity contribution is -0.385. The Bertz CT molecular complexity index is 391. The van der Waals surface area contributed by atoms with Crippen LogP contribution >= 0.6 is 0 Å². The summed E-state index contributed by atoms with van der Waals surface area (Å²) >= 11 is 0. The molecule has 5 N–H and O–H groups in total. The van der Waals surface area contributed by atoms with Crippen LogP contribution in [-0.4, -0.2) is 15.8 Å². The lowest BCUT2D eigenvalue weighted by Crippen LogP contribution is -2.18. The van der Waals surface area contributed by atoms with Gasteiger partial charge in [0.05, 0.1) is 10.5 Å². The van der Waals surface area contributed by atoms with Crippen LogP contribution in [0.4, 0.5) is 11.5 Å². The first-order valence-electron chi connectivity index (χ1n) is 3.47. The van der Waals surface area contributed by atoms with Gasteiger partial charge in [-0.25, -0.2) is 10.8 Å². The van der Waals surface area contributed by atoms with Crippen molar-refractivity contribution in [3.05, 3.63) is 27.9 Å². The standard InChI is InChI=1S/C6H7N5O3/c7-5(12)4-1-3(11(13)14)2-9-6(4)10-8/h1-2H,8H2,(H2,7,12)(H,9,10). The Morgan fingerprint density at radius 2 is 2.29 bits per heavy atom. The third-order valence-corrected chi connectivity index (χ3v) is 1.49. The molecule has 0 unspecified atom stereocenters. The van der Waals surface area contributed by atoms with Crippen LogP contribution in [-0.2, 0) is 0 Å². The molecule has 0 spiro atoms. The van der Waals surface area contributed by atoms with Crippen LogP contribution in [0.25, 0.3) is 0 Å². The largest absolute Gasteiger partial charge is 0.365 e. The van der Waals surface area contributed by atoms with Gasteiger partial charge in [0, 0.05) is 6.07 Å². The van der Waals surface area contributed by atoms with E-state index >= 15 is 0 Å². The summed E-state index contributed by atoms with van der Waals surface area (Å²) in [6, 6.07) is 1.00. The minimum atomic E-state index is -0.839. The number of pyridine rings is 1. The molecule has 0 aliphatic rings. The van der Waals surface area contributed by atoms with Crippen LogP contribution in [0.5, 0.6) is 0 Å². The quantitative estimate of drug-likeness (QED) is 0.335. The second-order valence-electron chi connectivity index (χ2n) is 2.36. The highest BCUT2D eigenvalue weighted by molar-refractivity contribution is 5.98. The van der Waals surface area contributed by atoms with E-state index < -0.39 is 10.8 Å². The summed E-state index contributed by atoms with van der Waals surface area (Å²) in [6.07, 6.45) is 0.974. The zero-order chi connectivity index (χ0) is 10.7. The van der Waals surface area contributed by atoms with Gasteiger partial charge in [-0.1, -0.05) is 0 Å². The number of hydrazine groups is 1. The molecule has 0 fully saturated rings. The molecular formula is C6H7N5O3. The number of nitro groups is 1. The number of anilines is 1. The number of amides is 1. The number of hydrogen-bond acceptors (Lipinski definition) is 6. The molecule has 0 saturated carbocycles. The van der Waals surface area contributed by atoms with E-state index in [2.05, 4.69) is 10.4 Å². The molecule has 1 rings (SSSR count). The number of carbonyl (C=O) groups is 1. The van der Waals surface area contributed by atoms with Crippen molar-refractivity contribution in [1.82, 2.24) is 4.98 Å². The highest BCUT2D eigenvalue weighted by Crippen LogP contribution is 2.17. The summed E-state index contributed by atoms with van der Waals surface area (Å²) in [7, 11) is 0. The van der Waals surface area contributed by atoms with Crippen molar-refractivity contribution >= 4 is 17.4 Å². The van der Waals surface area contributed by atoms with E-state index in [1.165, 1.54) is 0 Å². The molecule has 8 nitrogen and oxygen atoms in total. The predicted octanol–water partition coefficient (Wildman–Crippen LogP) is -0.626. The first-order chi connectivity index (χ1) is 6.56. The van der Waals surface area contributed by atoms with Crippen molar-refractivity contribution < 1.29 is 9.72 Å². The van der Waals surface area contributed by atoms with Gasteiger partial charge in [0.25, 0.3) is 11.6 Å². The second kappa shape index (κ2) is 3.66. The van der Waals surface area contributed by atoms with Gasteiger partial charge in [-0.05, 0) is 0 Å². The van der Waals surface area contributed by atoms with Crippen LogP contribution in [0.15, 0.2) is 12.3 Å². The molecule has 1 heterocycles. The summed E-state index contributed by atoms with van der Waals surface area (Å²) in [4.78, 5) is 24.0. The monoisotopic (exact) mass is 197 g/mol. The Balaban J connectivity index is 3.27. The molecule has 0 bridgehead atoms.